The quantitative estimate of drug-likeness (QED) is 0.892. The molecule has 1 aliphatic carbocycles. The zero-order valence-corrected chi connectivity index (χ0v) is 12.0. The molecule has 1 fully saturated rings. The molecule has 0 aliphatic heterocycles. The molecule has 3 nitrogen and oxygen atoms in total. The number of nitriles is 1. The summed E-state index contributed by atoms with van der Waals surface area (Å²) in [6.45, 7) is 4.55. The molecule has 19 heavy (non-hydrogen) atoms. The lowest BCUT2D eigenvalue weighted by atomic mass is 9.70. The SMILES string of the molecule is COc1ccccc1NC1(C#N)CCC(C)(C)CC1. The van der Waals surface area contributed by atoms with Gasteiger partial charge < -0.3 is 10.1 Å². The normalized spacial score (nSPS) is 20.3. The van der Waals surface area contributed by atoms with Crippen LogP contribution in [0.15, 0.2) is 24.3 Å². The molecule has 0 heterocycles. The minimum Gasteiger partial charge on any atom is -0.495 e. The van der Waals surface area contributed by atoms with Crippen molar-refractivity contribution in [1.82, 2.24) is 0 Å². The molecule has 1 N–H and O–H groups in total. The van der Waals surface area contributed by atoms with Crippen LogP contribution in [0.5, 0.6) is 5.75 Å². The maximum atomic E-state index is 9.58. The standard InChI is InChI=1S/C16H22N2O/c1-15(2)8-10-16(12-17,11-9-15)18-13-6-4-5-7-14(13)19-3/h4-7,18H,8-11H2,1-3H3. The van der Waals surface area contributed by atoms with E-state index in [0.29, 0.717) is 5.41 Å². The molecule has 0 aromatic heterocycles. The van der Waals surface area contributed by atoms with E-state index in [1.54, 1.807) is 7.11 Å². The zero-order chi connectivity index (χ0) is 13.9. The van der Waals surface area contributed by atoms with Gasteiger partial charge in [0.2, 0.25) is 0 Å². The van der Waals surface area contributed by atoms with Gasteiger partial charge >= 0.3 is 0 Å². The van der Waals surface area contributed by atoms with Crippen LogP contribution in [0.3, 0.4) is 0 Å². The van der Waals surface area contributed by atoms with Crippen LogP contribution in [0.4, 0.5) is 5.69 Å². The van der Waals surface area contributed by atoms with Crippen LogP contribution < -0.4 is 10.1 Å². The van der Waals surface area contributed by atoms with Crippen molar-refractivity contribution in [2.75, 3.05) is 12.4 Å². The molecule has 0 radical (unpaired) electrons. The van der Waals surface area contributed by atoms with E-state index in [1.807, 2.05) is 24.3 Å². The van der Waals surface area contributed by atoms with Crippen LogP contribution in [-0.2, 0) is 0 Å². The Bertz CT molecular complexity index is 478. The molecule has 102 valence electrons. The highest BCUT2D eigenvalue weighted by Gasteiger charge is 2.38. The molecule has 3 heteroatoms. The van der Waals surface area contributed by atoms with Crippen molar-refractivity contribution in [3.8, 4) is 11.8 Å². The monoisotopic (exact) mass is 258 g/mol. The fourth-order valence-electron chi connectivity index (χ4n) is 2.62. The van der Waals surface area contributed by atoms with E-state index >= 15 is 0 Å². The number of ether oxygens (including phenoxy) is 1. The summed E-state index contributed by atoms with van der Waals surface area (Å²) in [5.41, 5.74) is 0.804. The van der Waals surface area contributed by atoms with Gasteiger partial charge in [-0.3, -0.25) is 0 Å². The van der Waals surface area contributed by atoms with Crippen LogP contribution in [0, 0.1) is 16.7 Å². The lowest BCUT2D eigenvalue weighted by Crippen LogP contribution is -2.42. The third kappa shape index (κ3) is 3.01. The molecule has 2 rings (SSSR count). The molecule has 0 bridgehead atoms. The van der Waals surface area contributed by atoms with Crippen molar-refractivity contribution < 1.29 is 4.74 Å². The second-order valence-corrected chi connectivity index (χ2v) is 6.18. The molecule has 1 saturated carbocycles. The minimum atomic E-state index is -0.454. The maximum absolute atomic E-state index is 9.58. The number of methoxy groups -OCH3 is 1. The fraction of sp³-hybridized carbons (Fsp3) is 0.562. The Balaban J connectivity index is 2.18. The van der Waals surface area contributed by atoms with Crippen LogP contribution in [0.1, 0.15) is 39.5 Å². The molecule has 0 spiro atoms. The highest BCUT2D eigenvalue weighted by Crippen LogP contribution is 2.42. The lowest BCUT2D eigenvalue weighted by Gasteiger charge is -2.40. The van der Waals surface area contributed by atoms with Gasteiger partial charge in [0.05, 0.1) is 18.9 Å². The first-order chi connectivity index (χ1) is 9.00. The van der Waals surface area contributed by atoms with E-state index in [9.17, 15) is 5.26 Å². The van der Waals surface area contributed by atoms with Gasteiger partial charge in [-0.25, -0.2) is 0 Å². The van der Waals surface area contributed by atoms with Gasteiger partial charge in [-0.1, -0.05) is 26.0 Å². The molecular weight excluding hydrogens is 236 g/mol. The number of nitrogens with zero attached hydrogens (tertiary/aromatic N) is 1. The summed E-state index contributed by atoms with van der Waals surface area (Å²) in [6.07, 6.45) is 3.91. The highest BCUT2D eigenvalue weighted by molar-refractivity contribution is 5.59. The van der Waals surface area contributed by atoms with Crippen LogP contribution in [-0.4, -0.2) is 12.6 Å². The van der Waals surface area contributed by atoms with Gasteiger partial charge in [0.25, 0.3) is 0 Å². The van der Waals surface area contributed by atoms with Gasteiger partial charge in [-0.05, 0) is 43.2 Å². The van der Waals surface area contributed by atoms with Crippen LogP contribution >= 0.6 is 0 Å². The van der Waals surface area contributed by atoms with Gasteiger partial charge in [0.15, 0.2) is 0 Å². The summed E-state index contributed by atoms with van der Waals surface area (Å²) in [5.74, 6) is 0.793. The second-order valence-electron chi connectivity index (χ2n) is 6.18. The molecule has 0 atom stereocenters. The van der Waals surface area contributed by atoms with E-state index < -0.39 is 5.54 Å². The van der Waals surface area contributed by atoms with Crippen LogP contribution in [0.2, 0.25) is 0 Å². The number of hydrogen-bond acceptors (Lipinski definition) is 3. The first kappa shape index (κ1) is 13.7. The minimum absolute atomic E-state index is 0.350. The van der Waals surface area contributed by atoms with Gasteiger partial charge in [-0.2, -0.15) is 5.26 Å². The summed E-state index contributed by atoms with van der Waals surface area (Å²) in [4.78, 5) is 0. The average molecular weight is 258 g/mol. The van der Waals surface area contributed by atoms with E-state index in [4.69, 9.17) is 4.74 Å². The predicted molar refractivity (Wildman–Crippen MR) is 77.2 cm³/mol. The Hall–Kier alpha value is -1.69. The Kier molecular flexibility index (Phi) is 3.71. The van der Waals surface area contributed by atoms with Crippen molar-refractivity contribution in [1.29, 1.82) is 5.26 Å². The van der Waals surface area contributed by atoms with Crippen LogP contribution in [0.25, 0.3) is 0 Å². The Labute approximate surface area is 115 Å². The Morgan fingerprint density at radius 1 is 1.16 bits per heavy atom. The number of anilines is 1. The fourth-order valence-corrected chi connectivity index (χ4v) is 2.62. The van der Waals surface area contributed by atoms with E-state index in [0.717, 1.165) is 37.1 Å². The number of hydrogen-bond donors (Lipinski definition) is 1. The summed E-state index contributed by atoms with van der Waals surface area (Å²) in [5, 5.41) is 13.0. The molecule has 1 aromatic carbocycles. The number of rotatable bonds is 3. The zero-order valence-electron chi connectivity index (χ0n) is 12.0. The Morgan fingerprint density at radius 3 is 2.37 bits per heavy atom. The van der Waals surface area contributed by atoms with E-state index in [-0.39, 0.29) is 0 Å². The van der Waals surface area contributed by atoms with Crippen molar-refractivity contribution in [2.45, 2.75) is 45.1 Å². The topological polar surface area (TPSA) is 45.0 Å². The second kappa shape index (κ2) is 5.13. The molecule has 0 saturated heterocycles. The van der Waals surface area contributed by atoms with Crippen molar-refractivity contribution >= 4 is 5.69 Å². The molecule has 0 unspecified atom stereocenters. The largest absolute Gasteiger partial charge is 0.495 e. The third-order valence-electron chi connectivity index (χ3n) is 4.15. The molecular formula is C16H22N2O. The van der Waals surface area contributed by atoms with Gasteiger partial charge in [-0.15, -0.1) is 0 Å². The number of benzene rings is 1. The van der Waals surface area contributed by atoms with Crippen molar-refractivity contribution in [3.05, 3.63) is 24.3 Å². The van der Waals surface area contributed by atoms with Crippen molar-refractivity contribution in [2.24, 2.45) is 5.41 Å². The molecule has 1 aromatic rings. The summed E-state index contributed by atoms with van der Waals surface area (Å²) >= 11 is 0. The number of nitrogens with one attached hydrogen (secondary N) is 1. The van der Waals surface area contributed by atoms with E-state index in [1.165, 1.54) is 0 Å². The van der Waals surface area contributed by atoms with Gasteiger partial charge in [0, 0.05) is 0 Å². The molecule has 1 aliphatic rings. The number of para-hydroxylation sites is 2. The predicted octanol–water partition coefficient (Wildman–Crippen LogP) is 3.97. The maximum Gasteiger partial charge on any atom is 0.141 e. The first-order valence-corrected chi connectivity index (χ1v) is 6.83. The van der Waals surface area contributed by atoms with E-state index in [2.05, 4.69) is 25.2 Å². The molecule has 0 amide bonds. The first-order valence-electron chi connectivity index (χ1n) is 6.83. The third-order valence-corrected chi connectivity index (χ3v) is 4.15. The Morgan fingerprint density at radius 2 is 1.79 bits per heavy atom. The summed E-state index contributed by atoms with van der Waals surface area (Å²) in [6, 6.07) is 10.3. The van der Waals surface area contributed by atoms with Crippen molar-refractivity contribution in [3.63, 3.8) is 0 Å². The van der Waals surface area contributed by atoms with Gasteiger partial charge in [0.1, 0.15) is 11.3 Å². The highest BCUT2D eigenvalue weighted by atomic mass is 16.5. The summed E-state index contributed by atoms with van der Waals surface area (Å²) in [7, 11) is 1.66. The summed E-state index contributed by atoms with van der Waals surface area (Å²) < 4.78 is 5.35. The average Bonchev–Trinajstić information content (AvgIpc) is 2.42. The smallest absolute Gasteiger partial charge is 0.141 e. The lowest BCUT2D eigenvalue weighted by molar-refractivity contribution is 0.206.